The Morgan fingerprint density at radius 2 is 2.12 bits per heavy atom. The van der Waals surface area contributed by atoms with Crippen LogP contribution < -0.4 is 0 Å². The van der Waals surface area contributed by atoms with Crippen LogP contribution in [0.3, 0.4) is 0 Å². The van der Waals surface area contributed by atoms with Crippen LogP contribution in [0.5, 0.6) is 0 Å². The van der Waals surface area contributed by atoms with Gasteiger partial charge in [-0.2, -0.15) is 0 Å². The minimum Gasteiger partial charge on any atom is -0.478 e. The summed E-state index contributed by atoms with van der Waals surface area (Å²) in [6, 6.07) is 3.89. The van der Waals surface area contributed by atoms with Crippen LogP contribution in [0.25, 0.3) is 0 Å². The van der Waals surface area contributed by atoms with E-state index < -0.39 is 5.97 Å². The van der Waals surface area contributed by atoms with Crippen LogP contribution in [0.2, 0.25) is 0 Å². The van der Waals surface area contributed by atoms with E-state index in [1.165, 1.54) is 18.2 Å². The number of halogens is 1. The Bertz CT molecular complexity index is 404. The van der Waals surface area contributed by atoms with Crippen LogP contribution in [0.1, 0.15) is 29.8 Å². The largest absolute Gasteiger partial charge is 0.478 e. The third-order valence-electron chi connectivity index (χ3n) is 2.41. The van der Waals surface area contributed by atoms with Crippen molar-refractivity contribution < 1.29 is 14.3 Å². The predicted octanol–water partition coefficient (Wildman–Crippen LogP) is 2.61. The van der Waals surface area contributed by atoms with E-state index in [-0.39, 0.29) is 11.4 Å². The first-order valence-electron chi connectivity index (χ1n) is 5.60. The fraction of sp³-hybridized carbons (Fsp3) is 0.462. The van der Waals surface area contributed by atoms with Gasteiger partial charge in [0, 0.05) is 18.7 Å². The van der Waals surface area contributed by atoms with Crippen molar-refractivity contribution in [1.82, 2.24) is 4.90 Å². The van der Waals surface area contributed by atoms with E-state index in [4.69, 9.17) is 5.11 Å². The lowest BCUT2D eigenvalue weighted by molar-refractivity contribution is 0.0696. The topological polar surface area (TPSA) is 40.5 Å². The minimum absolute atomic E-state index is 0.124. The SMILES string of the molecule is CC(C)CN(C)Cc1cc(C(=O)O)ccc1F. The molecule has 0 fully saturated rings. The zero-order valence-corrected chi connectivity index (χ0v) is 10.4. The average Bonchev–Trinajstić information content (AvgIpc) is 2.19. The molecule has 0 radical (unpaired) electrons. The Balaban J connectivity index is 2.82. The number of nitrogens with zero attached hydrogens (tertiary/aromatic N) is 1. The molecule has 94 valence electrons. The summed E-state index contributed by atoms with van der Waals surface area (Å²) in [6.45, 7) is 5.43. The van der Waals surface area contributed by atoms with E-state index in [9.17, 15) is 9.18 Å². The minimum atomic E-state index is -1.03. The van der Waals surface area contributed by atoms with Crippen molar-refractivity contribution in [2.45, 2.75) is 20.4 Å². The van der Waals surface area contributed by atoms with Gasteiger partial charge in [-0.1, -0.05) is 13.8 Å². The number of rotatable bonds is 5. The van der Waals surface area contributed by atoms with Gasteiger partial charge in [0.2, 0.25) is 0 Å². The molecule has 0 aliphatic carbocycles. The van der Waals surface area contributed by atoms with Gasteiger partial charge in [0.05, 0.1) is 5.56 Å². The summed E-state index contributed by atoms with van der Waals surface area (Å²) in [5.41, 5.74) is 0.549. The molecular weight excluding hydrogens is 221 g/mol. The van der Waals surface area contributed by atoms with Crippen LogP contribution in [0.15, 0.2) is 18.2 Å². The molecule has 0 bridgehead atoms. The molecule has 3 nitrogen and oxygen atoms in total. The first kappa shape index (κ1) is 13.6. The summed E-state index contributed by atoms with van der Waals surface area (Å²) in [5.74, 6) is -0.894. The molecule has 0 spiro atoms. The number of carboxylic acids is 1. The highest BCUT2D eigenvalue weighted by Gasteiger charge is 2.10. The number of carbonyl (C=O) groups is 1. The molecule has 1 aromatic carbocycles. The van der Waals surface area contributed by atoms with Gasteiger partial charge < -0.3 is 10.0 Å². The molecule has 0 saturated carbocycles. The van der Waals surface area contributed by atoms with Crippen LogP contribution in [-0.2, 0) is 6.54 Å². The van der Waals surface area contributed by atoms with Gasteiger partial charge in [-0.25, -0.2) is 9.18 Å². The maximum absolute atomic E-state index is 13.5. The summed E-state index contributed by atoms with van der Waals surface area (Å²) in [5, 5.41) is 8.84. The van der Waals surface area contributed by atoms with Crippen molar-refractivity contribution in [3.63, 3.8) is 0 Å². The Labute approximate surface area is 101 Å². The van der Waals surface area contributed by atoms with Crippen molar-refractivity contribution in [1.29, 1.82) is 0 Å². The first-order chi connectivity index (χ1) is 7.90. The van der Waals surface area contributed by atoms with E-state index in [0.717, 1.165) is 6.54 Å². The highest BCUT2D eigenvalue weighted by molar-refractivity contribution is 5.87. The van der Waals surface area contributed by atoms with Gasteiger partial charge in [-0.15, -0.1) is 0 Å². The van der Waals surface area contributed by atoms with Gasteiger partial charge in [0.1, 0.15) is 5.82 Å². The molecule has 0 saturated heterocycles. The summed E-state index contributed by atoms with van der Waals surface area (Å²) in [7, 11) is 1.90. The molecule has 0 aliphatic heterocycles. The molecule has 1 N–H and O–H groups in total. The number of aromatic carboxylic acids is 1. The first-order valence-corrected chi connectivity index (χ1v) is 5.60. The molecule has 17 heavy (non-hydrogen) atoms. The molecule has 0 amide bonds. The lowest BCUT2D eigenvalue weighted by atomic mass is 10.1. The van der Waals surface area contributed by atoms with E-state index >= 15 is 0 Å². The lowest BCUT2D eigenvalue weighted by Crippen LogP contribution is -2.23. The standard InChI is InChI=1S/C13H18FNO2/c1-9(2)7-15(3)8-11-6-10(13(16)17)4-5-12(11)14/h4-6,9H,7-8H2,1-3H3,(H,16,17). The zero-order chi connectivity index (χ0) is 13.0. The molecule has 1 rings (SSSR count). The van der Waals surface area contributed by atoms with Crippen molar-refractivity contribution in [2.24, 2.45) is 5.92 Å². The molecule has 0 atom stereocenters. The summed E-state index contributed by atoms with van der Waals surface area (Å²) < 4.78 is 13.5. The average molecular weight is 239 g/mol. The second kappa shape index (κ2) is 5.77. The summed E-state index contributed by atoms with van der Waals surface area (Å²) in [6.07, 6.45) is 0. The van der Waals surface area contributed by atoms with Crippen LogP contribution in [0.4, 0.5) is 4.39 Å². The smallest absolute Gasteiger partial charge is 0.335 e. The van der Waals surface area contributed by atoms with E-state index in [1.807, 2.05) is 11.9 Å². The molecule has 0 unspecified atom stereocenters. The Morgan fingerprint density at radius 3 is 2.65 bits per heavy atom. The maximum Gasteiger partial charge on any atom is 0.335 e. The highest BCUT2D eigenvalue weighted by Crippen LogP contribution is 2.13. The number of hydrogen-bond acceptors (Lipinski definition) is 2. The van der Waals surface area contributed by atoms with Crippen LogP contribution >= 0.6 is 0 Å². The van der Waals surface area contributed by atoms with Gasteiger partial charge in [0.25, 0.3) is 0 Å². The van der Waals surface area contributed by atoms with Gasteiger partial charge in [0.15, 0.2) is 0 Å². The molecular formula is C13H18FNO2. The third kappa shape index (κ3) is 4.15. The van der Waals surface area contributed by atoms with Crippen molar-refractivity contribution in [2.75, 3.05) is 13.6 Å². The number of hydrogen-bond donors (Lipinski definition) is 1. The van der Waals surface area contributed by atoms with E-state index in [1.54, 1.807) is 0 Å². The Kier molecular flexibility index (Phi) is 4.63. The maximum atomic E-state index is 13.5. The van der Waals surface area contributed by atoms with E-state index in [0.29, 0.717) is 18.0 Å². The van der Waals surface area contributed by atoms with Crippen LogP contribution in [0, 0.1) is 11.7 Å². The van der Waals surface area contributed by atoms with Gasteiger partial charge >= 0.3 is 5.97 Å². The fourth-order valence-corrected chi connectivity index (χ4v) is 1.81. The Hall–Kier alpha value is -1.42. The normalized spacial score (nSPS) is 11.2. The molecule has 0 heterocycles. The Morgan fingerprint density at radius 1 is 1.47 bits per heavy atom. The fourth-order valence-electron chi connectivity index (χ4n) is 1.81. The number of benzene rings is 1. The van der Waals surface area contributed by atoms with Gasteiger partial charge in [-0.05, 0) is 31.2 Å². The molecule has 4 heteroatoms. The quantitative estimate of drug-likeness (QED) is 0.858. The second-order valence-corrected chi connectivity index (χ2v) is 4.70. The summed E-state index contributed by atoms with van der Waals surface area (Å²) in [4.78, 5) is 12.8. The van der Waals surface area contributed by atoms with Gasteiger partial charge in [-0.3, -0.25) is 0 Å². The third-order valence-corrected chi connectivity index (χ3v) is 2.41. The molecule has 1 aromatic rings. The monoisotopic (exact) mass is 239 g/mol. The van der Waals surface area contributed by atoms with Crippen molar-refractivity contribution >= 4 is 5.97 Å². The van der Waals surface area contributed by atoms with Crippen molar-refractivity contribution in [3.05, 3.63) is 35.1 Å². The lowest BCUT2D eigenvalue weighted by Gasteiger charge is -2.19. The number of carboxylic acid groups (broad SMARTS) is 1. The predicted molar refractivity (Wildman–Crippen MR) is 64.5 cm³/mol. The van der Waals surface area contributed by atoms with E-state index in [2.05, 4.69) is 13.8 Å². The molecule has 0 aromatic heterocycles. The second-order valence-electron chi connectivity index (χ2n) is 4.70. The van der Waals surface area contributed by atoms with Crippen molar-refractivity contribution in [3.8, 4) is 0 Å². The van der Waals surface area contributed by atoms with Crippen LogP contribution in [-0.4, -0.2) is 29.6 Å². The zero-order valence-electron chi connectivity index (χ0n) is 10.4. The summed E-state index contributed by atoms with van der Waals surface area (Å²) >= 11 is 0. The molecule has 0 aliphatic rings. The highest BCUT2D eigenvalue weighted by atomic mass is 19.1.